The largest absolute Gasteiger partial charge is 0.352 e. The van der Waals surface area contributed by atoms with Gasteiger partial charge < -0.3 is 5.32 Å². The molecule has 8 heteroatoms. The molecule has 0 bridgehead atoms. The van der Waals surface area contributed by atoms with Crippen LogP contribution in [0, 0.1) is 0 Å². The second-order valence-corrected chi connectivity index (χ2v) is 8.77. The number of hydrogen-bond donors (Lipinski definition) is 1. The lowest BCUT2D eigenvalue weighted by molar-refractivity contribution is -0.120. The Hall–Kier alpha value is -1.67. The summed E-state index contributed by atoms with van der Waals surface area (Å²) in [5.74, 6) is 0.340. The van der Waals surface area contributed by atoms with E-state index >= 15 is 0 Å². The van der Waals surface area contributed by atoms with Crippen LogP contribution in [0.15, 0.2) is 51.5 Å². The topological polar surface area (TPSA) is 59.1 Å². The Morgan fingerprint density at radius 2 is 2.00 bits per heavy atom. The molecule has 1 amide bonds. The van der Waals surface area contributed by atoms with Crippen LogP contribution in [0.5, 0.6) is 0 Å². The molecule has 4 nitrogen and oxygen atoms in total. The molecule has 0 radical (unpaired) electrons. The molecule has 0 spiro atoms. The number of carbonyl (C=O) groups excluding carboxylic acids is 2. The summed E-state index contributed by atoms with van der Waals surface area (Å²) in [5.41, 5.74) is 1.59. The first-order valence-electron chi connectivity index (χ1n) is 7.76. The number of ketones is 1. The molecule has 0 saturated carbocycles. The highest BCUT2D eigenvalue weighted by Crippen LogP contribution is 2.24. The minimum absolute atomic E-state index is 0.0965. The van der Waals surface area contributed by atoms with Crippen molar-refractivity contribution in [3.05, 3.63) is 68.3 Å². The third-order valence-electron chi connectivity index (χ3n) is 3.43. The van der Waals surface area contributed by atoms with Gasteiger partial charge in [-0.25, -0.2) is 4.98 Å². The first-order valence-corrected chi connectivity index (χ1v) is 10.9. The molecule has 0 fully saturated rings. The summed E-state index contributed by atoms with van der Waals surface area (Å²) in [6, 6.07) is 11.1. The number of aromatic nitrogens is 1. The number of rotatable bonds is 8. The Balaban J connectivity index is 1.46. The molecule has 26 heavy (non-hydrogen) atoms. The van der Waals surface area contributed by atoms with Crippen LogP contribution in [0.1, 0.15) is 20.9 Å². The minimum atomic E-state index is -0.110. The van der Waals surface area contributed by atoms with E-state index in [0.717, 1.165) is 14.8 Å². The lowest BCUT2D eigenvalue weighted by Gasteiger charge is -2.05. The Morgan fingerprint density at radius 1 is 1.15 bits per heavy atom. The SMILES string of the molecule is O=C(Cc1csc(SCC(=O)c2cccs2)n1)NCc1ccccc1Cl. The van der Waals surface area contributed by atoms with Crippen LogP contribution in [0.3, 0.4) is 0 Å². The number of thioether (sulfide) groups is 1. The monoisotopic (exact) mass is 422 g/mol. The zero-order valence-electron chi connectivity index (χ0n) is 13.6. The van der Waals surface area contributed by atoms with Gasteiger partial charge >= 0.3 is 0 Å². The molecule has 2 heterocycles. The number of amides is 1. The van der Waals surface area contributed by atoms with Gasteiger partial charge in [-0.15, -0.1) is 22.7 Å². The van der Waals surface area contributed by atoms with Crippen LogP contribution >= 0.6 is 46.0 Å². The third kappa shape index (κ3) is 5.41. The molecular weight excluding hydrogens is 408 g/mol. The number of thiophene rings is 1. The lowest BCUT2D eigenvalue weighted by atomic mass is 10.2. The van der Waals surface area contributed by atoms with Gasteiger partial charge in [0.1, 0.15) is 0 Å². The van der Waals surface area contributed by atoms with Crippen molar-refractivity contribution in [2.24, 2.45) is 0 Å². The van der Waals surface area contributed by atoms with E-state index in [-0.39, 0.29) is 18.1 Å². The number of benzene rings is 1. The van der Waals surface area contributed by atoms with Gasteiger partial charge in [-0.2, -0.15) is 0 Å². The van der Waals surface area contributed by atoms with Crippen molar-refractivity contribution in [1.29, 1.82) is 0 Å². The lowest BCUT2D eigenvalue weighted by Crippen LogP contribution is -2.24. The van der Waals surface area contributed by atoms with E-state index in [1.807, 2.05) is 41.1 Å². The third-order valence-corrected chi connectivity index (χ3v) is 6.78. The number of nitrogens with zero attached hydrogens (tertiary/aromatic N) is 1. The molecule has 3 rings (SSSR count). The van der Waals surface area contributed by atoms with Crippen molar-refractivity contribution < 1.29 is 9.59 Å². The van der Waals surface area contributed by atoms with Crippen LogP contribution in [0.4, 0.5) is 0 Å². The number of nitrogens with one attached hydrogen (secondary N) is 1. The van der Waals surface area contributed by atoms with Crippen molar-refractivity contribution in [1.82, 2.24) is 10.3 Å². The molecule has 3 aromatic rings. The average molecular weight is 423 g/mol. The van der Waals surface area contributed by atoms with E-state index in [4.69, 9.17) is 11.6 Å². The van der Waals surface area contributed by atoms with Gasteiger partial charge in [-0.05, 0) is 23.1 Å². The quantitative estimate of drug-likeness (QED) is 0.422. The highest BCUT2D eigenvalue weighted by atomic mass is 35.5. The molecule has 0 aliphatic heterocycles. The summed E-state index contributed by atoms with van der Waals surface area (Å²) >= 11 is 10.4. The van der Waals surface area contributed by atoms with Crippen LogP contribution < -0.4 is 5.32 Å². The fourth-order valence-corrected chi connectivity index (χ4v) is 4.82. The Labute approximate surface area is 168 Å². The molecule has 0 aliphatic rings. The molecule has 1 aromatic carbocycles. The minimum Gasteiger partial charge on any atom is -0.352 e. The number of halogens is 1. The zero-order valence-corrected chi connectivity index (χ0v) is 16.8. The Morgan fingerprint density at radius 3 is 2.77 bits per heavy atom. The van der Waals surface area contributed by atoms with Gasteiger partial charge in [-0.1, -0.05) is 47.6 Å². The smallest absolute Gasteiger partial charge is 0.226 e. The second-order valence-electron chi connectivity index (χ2n) is 5.34. The first-order chi connectivity index (χ1) is 12.6. The van der Waals surface area contributed by atoms with Crippen molar-refractivity contribution in [3.8, 4) is 0 Å². The van der Waals surface area contributed by atoms with Crippen LogP contribution in [0.2, 0.25) is 5.02 Å². The Bertz CT molecular complexity index is 893. The van der Waals surface area contributed by atoms with Gasteiger partial charge in [0.15, 0.2) is 10.1 Å². The molecule has 2 aromatic heterocycles. The fraction of sp³-hybridized carbons (Fsp3) is 0.167. The summed E-state index contributed by atoms with van der Waals surface area (Å²) < 4.78 is 0.795. The van der Waals surface area contributed by atoms with Gasteiger partial charge in [0.25, 0.3) is 0 Å². The normalized spacial score (nSPS) is 10.7. The number of carbonyl (C=O) groups is 2. The maximum absolute atomic E-state index is 12.1. The Kier molecular flexibility index (Phi) is 6.85. The first kappa shape index (κ1) is 19.1. The summed E-state index contributed by atoms with van der Waals surface area (Å²) in [5, 5.41) is 7.23. The highest BCUT2D eigenvalue weighted by molar-refractivity contribution is 8.01. The fourth-order valence-electron chi connectivity index (χ4n) is 2.13. The molecule has 1 N–H and O–H groups in total. The predicted molar refractivity (Wildman–Crippen MR) is 108 cm³/mol. The molecule has 0 saturated heterocycles. The van der Waals surface area contributed by atoms with Gasteiger partial charge in [0.05, 0.1) is 22.7 Å². The number of thiazole rings is 1. The van der Waals surface area contributed by atoms with Gasteiger partial charge in [0, 0.05) is 16.9 Å². The van der Waals surface area contributed by atoms with Crippen LogP contribution in [-0.2, 0) is 17.8 Å². The van der Waals surface area contributed by atoms with Crippen molar-refractivity contribution in [2.45, 2.75) is 17.3 Å². The number of Topliss-reactive ketones (excluding diaryl/α,β-unsaturated/α-hetero) is 1. The maximum atomic E-state index is 12.1. The summed E-state index contributed by atoms with van der Waals surface area (Å²) in [4.78, 5) is 29.3. The summed E-state index contributed by atoms with van der Waals surface area (Å²) in [6.07, 6.45) is 0.209. The van der Waals surface area contributed by atoms with E-state index < -0.39 is 0 Å². The highest BCUT2D eigenvalue weighted by Gasteiger charge is 2.12. The summed E-state index contributed by atoms with van der Waals surface area (Å²) in [6.45, 7) is 0.388. The number of hydrogen-bond acceptors (Lipinski definition) is 6. The van der Waals surface area contributed by atoms with E-state index in [2.05, 4.69) is 10.3 Å². The van der Waals surface area contributed by atoms with Gasteiger partial charge in [-0.3, -0.25) is 9.59 Å². The zero-order chi connectivity index (χ0) is 18.4. The van der Waals surface area contributed by atoms with Crippen LogP contribution in [0.25, 0.3) is 0 Å². The van der Waals surface area contributed by atoms with Crippen LogP contribution in [-0.4, -0.2) is 22.4 Å². The molecule has 134 valence electrons. The van der Waals surface area contributed by atoms with Crippen molar-refractivity contribution >= 4 is 57.7 Å². The van der Waals surface area contributed by atoms with E-state index in [9.17, 15) is 9.59 Å². The maximum Gasteiger partial charge on any atom is 0.226 e. The second kappa shape index (κ2) is 9.32. The molecule has 0 aliphatic carbocycles. The van der Waals surface area contributed by atoms with E-state index in [0.29, 0.717) is 23.0 Å². The molecule has 0 atom stereocenters. The summed E-state index contributed by atoms with van der Waals surface area (Å²) in [7, 11) is 0. The average Bonchev–Trinajstić information content (AvgIpc) is 3.31. The van der Waals surface area contributed by atoms with Gasteiger partial charge in [0.2, 0.25) is 5.91 Å². The predicted octanol–water partition coefficient (Wildman–Crippen LogP) is 4.69. The van der Waals surface area contributed by atoms with E-state index in [1.165, 1.54) is 34.4 Å². The van der Waals surface area contributed by atoms with Crippen molar-refractivity contribution in [2.75, 3.05) is 5.75 Å². The van der Waals surface area contributed by atoms with E-state index in [1.54, 1.807) is 6.07 Å². The molecular formula is C18H15ClN2O2S3. The standard InChI is InChI=1S/C18H15ClN2O2S3/c19-14-5-2-1-4-12(14)9-20-17(23)8-13-10-25-18(21-13)26-11-15(22)16-6-3-7-24-16/h1-7,10H,8-9,11H2,(H,20,23). The van der Waals surface area contributed by atoms with Crippen molar-refractivity contribution in [3.63, 3.8) is 0 Å². The molecule has 0 unspecified atom stereocenters.